The molecule has 0 bridgehead atoms. The summed E-state index contributed by atoms with van der Waals surface area (Å²) in [4.78, 5) is 4.63. The highest BCUT2D eigenvalue weighted by Crippen LogP contribution is 2.34. The summed E-state index contributed by atoms with van der Waals surface area (Å²) in [7, 11) is 2.01. The molecule has 1 aromatic heterocycles. The van der Waals surface area contributed by atoms with Crippen LogP contribution < -0.4 is 5.32 Å². The predicted molar refractivity (Wildman–Crippen MR) is 73.3 cm³/mol. The molecule has 1 aliphatic heterocycles. The van der Waals surface area contributed by atoms with Crippen LogP contribution >= 0.6 is 0 Å². The summed E-state index contributed by atoms with van der Waals surface area (Å²) >= 11 is 0. The van der Waals surface area contributed by atoms with Gasteiger partial charge in [0.25, 0.3) is 0 Å². The number of aryl methyl sites for hydroxylation is 1. The van der Waals surface area contributed by atoms with Crippen molar-refractivity contribution in [1.82, 2.24) is 10.3 Å². The van der Waals surface area contributed by atoms with Crippen molar-refractivity contribution in [2.24, 2.45) is 0 Å². The van der Waals surface area contributed by atoms with Crippen LogP contribution in [-0.2, 0) is 15.9 Å². The quantitative estimate of drug-likeness (QED) is 0.896. The lowest BCUT2D eigenvalue weighted by molar-refractivity contribution is -0.104. The van der Waals surface area contributed by atoms with Crippen LogP contribution in [0.5, 0.6) is 0 Å². The number of aromatic nitrogens is 1. The van der Waals surface area contributed by atoms with Gasteiger partial charge in [0, 0.05) is 23.9 Å². The van der Waals surface area contributed by atoms with Gasteiger partial charge in [0.05, 0.1) is 25.9 Å². The zero-order valence-corrected chi connectivity index (χ0v) is 11.5. The average molecular weight is 262 g/mol. The van der Waals surface area contributed by atoms with Crippen molar-refractivity contribution in [3.63, 3.8) is 0 Å². The molecule has 4 heteroatoms. The van der Waals surface area contributed by atoms with E-state index in [-0.39, 0.29) is 12.1 Å². The van der Waals surface area contributed by atoms with E-state index in [1.807, 2.05) is 19.3 Å². The van der Waals surface area contributed by atoms with Crippen LogP contribution in [0, 0.1) is 0 Å². The Morgan fingerprint density at radius 1 is 1.42 bits per heavy atom. The molecule has 4 nitrogen and oxygen atoms in total. The molecule has 0 aromatic carbocycles. The smallest absolute Gasteiger partial charge is 0.0968 e. The molecule has 3 atom stereocenters. The van der Waals surface area contributed by atoms with E-state index < -0.39 is 0 Å². The van der Waals surface area contributed by atoms with Crippen LogP contribution in [0.15, 0.2) is 18.3 Å². The molecule has 2 aliphatic rings. The maximum Gasteiger partial charge on any atom is 0.0968 e. The third kappa shape index (κ3) is 2.66. The van der Waals surface area contributed by atoms with Gasteiger partial charge in [-0.2, -0.15) is 0 Å². The Bertz CT molecular complexity index is 418. The second kappa shape index (κ2) is 5.99. The summed E-state index contributed by atoms with van der Waals surface area (Å²) in [6.07, 6.45) is 5.60. The van der Waals surface area contributed by atoms with Gasteiger partial charge >= 0.3 is 0 Å². The number of nitrogens with zero attached hydrogens (tertiary/aromatic N) is 1. The lowest BCUT2D eigenvalue weighted by atomic mass is 9.80. The summed E-state index contributed by atoms with van der Waals surface area (Å²) in [6, 6.07) is 4.53. The van der Waals surface area contributed by atoms with Crippen molar-refractivity contribution in [2.45, 2.75) is 37.3 Å². The van der Waals surface area contributed by atoms with Gasteiger partial charge in [-0.25, -0.2) is 0 Å². The standard InChI is InChI=1S/C15H22N2O2/c1-16-15(13-10-18-8-9-19-13)12-6-2-4-11-5-3-7-17-14(11)12/h3,5,7,12-13,15-16H,2,4,6,8-10H2,1H3. The van der Waals surface area contributed by atoms with Crippen molar-refractivity contribution in [3.8, 4) is 0 Å². The summed E-state index contributed by atoms with van der Waals surface area (Å²) in [5.74, 6) is 0.432. The molecule has 3 rings (SSSR count). The number of nitrogens with one attached hydrogen (secondary N) is 1. The van der Waals surface area contributed by atoms with Crippen LogP contribution in [0.25, 0.3) is 0 Å². The van der Waals surface area contributed by atoms with Gasteiger partial charge in [-0.1, -0.05) is 6.07 Å². The van der Waals surface area contributed by atoms with Gasteiger partial charge in [-0.15, -0.1) is 0 Å². The van der Waals surface area contributed by atoms with Crippen LogP contribution in [0.4, 0.5) is 0 Å². The summed E-state index contributed by atoms with van der Waals surface area (Å²) in [5.41, 5.74) is 2.65. The van der Waals surface area contributed by atoms with E-state index in [0.717, 1.165) is 6.42 Å². The van der Waals surface area contributed by atoms with Crippen molar-refractivity contribution in [2.75, 3.05) is 26.9 Å². The number of hydrogen-bond acceptors (Lipinski definition) is 4. The van der Waals surface area contributed by atoms with E-state index in [0.29, 0.717) is 25.7 Å². The molecule has 0 saturated carbocycles. The molecular formula is C15H22N2O2. The average Bonchev–Trinajstić information content (AvgIpc) is 2.49. The van der Waals surface area contributed by atoms with Crippen molar-refractivity contribution < 1.29 is 9.47 Å². The molecule has 3 unspecified atom stereocenters. The highest BCUT2D eigenvalue weighted by Gasteiger charge is 2.35. The predicted octanol–water partition coefficient (Wildman–Crippen LogP) is 1.50. The Kier molecular flexibility index (Phi) is 4.11. The van der Waals surface area contributed by atoms with Crippen LogP contribution in [0.2, 0.25) is 0 Å². The molecule has 2 heterocycles. The molecule has 1 aliphatic carbocycles. The highest BCUT2D eigenvalue weighted by atomic mass is 16.6. The molecule has 1 aromatic rings. The Hall–Kier alpha value is -0.970. The topological polar surface area (TPSA) is 43.4 Å². The Morgan fingerprint density at radius 2 is 2.37 bits per heavy atom. The van der Waals surface area contributed by atoms with Crippen molar-refractivity contribution in [1.29, 1.82) is 0 Å². The second-order valence-corrected chi connectivity index (χ2v) is 5.35. The van der Waals surface area contributed by atoms with E-state index in [1.165, 1.54) is 24.1 Å². The summed E-state index contributed by atoms with van der Waals surface area (Å²) in [5, 5.41) is 3.44. The Morgan fingerprint density at radius 3 is 3.16 bits per heavy atom. The van der Waals surface area contributed by atoms with E-state index in [4.69, 9.17) is 9.47 Å². The van der Waals surface area contributed by atoms with E-state index in [2.05, 4.69) is 16.4 Å². The molecule has 1 fully saturated rings. The second-order valence-electron chi connectivity index (χ2n) is 5.35. The first kappa shape index (κ1) is 13.0. The van der Waals surface area contributed by atoms with Crippen molar-refractivity contribution in [3.05, 3.63) is 29.6 Å². The minimum absolute atomic E-state index is 0.136. The summed E-state index contributed by atoms with van der Waals surface area (Å²) < 4.78 is 11.4. The third-order valence-electron chi connectivity index (χ3n) is 4.25. The minimum Gasteiger partial charge on any atom is -0.376 e. The van der Waals surface area contributed by atoms with Gasteiger partial charge < -0.3 is 14.8 Å². The van der Waals surface area contributed by atoms with Crippen LogP contribution in [0.1, 0.15) is 30.0 Å². The van der Waals surface area contributed by atoms with Gasteiger partial charge in [0.2, 0.25) is 0 Å². The van der Waals surface area contributed by atoms with Gasteiger partial charge in [-0.3, -0.25) is 4.98 Å². The monoisotopic (exact) mass is 262 g/mol. The zero-order chi connectivity index (χ0) is 13.1. The van der Waals surface area contributed by atoms with E-state index in [1.54, 1.807) is 0 Å². The maximum atomic E-state index is 5.88. The number of ether oxygens (including phenoxy) is 2. The SMILES string of the molecule is CNC(C1COCCO1)C1CCCc2cccnc21. The largest absolute Gasteiger partial charge is 0.376 e. The molecule has 0 spiro atoms. The van der Waals surface area contributed by atoms with Crippen LogP contribution in [0.3, 0.4) is 0 Å². The first-order valence-electron chi connectivity index (χ1n) is 7.20. The number of hydrogen-bond donors (Lipinski definition) is 1. The maximum absolute atomic E-state index is 5.88. The molecule has 104 valence electrons. The van der Waals surface area contributed by atoms with Gasteiger partial charge in [0.15, 0.2) is 0 Å². The third-order valence-corrected chi connectivity index (χ3v) is 4.25. The zero-order valence-electron chi connectivity index (χ0n) is 11.5. The van der Waals surface area contributed by atoms with E-state index in [9.17, 15) is 0 Å². The van der Waals surface area contributed by atoms with Gasteiger partial charge in [-0.05, 0) is 37.9 Å². The molecule has 0 radical (unpaired) electrons. The molecule has 1 N–H and O–H groups in total. The number of rotatable bonds is 3. The number of fused-ring (bicyclic) bond motifs is 1. The molecule has 0 amide bonds. The van der Waals surface area contributed by atoms with Crippen molar-refractivity contribution >= 4 is 0 Å². The first-order valence-corrected chi connectivity index (χ1v) is 7.20. The Labute approximate surface area is 114 Å². The highest BCUT2D eigenvalue weighted by molar-refractivity contribution is 5.27. The fourth-order valence-corrected chi connectivity index (χ4v) is 3.35. The minimum atomic E-state index is 0.136. The summed E-state index contributed by atoms with van der Waals surface area (Å²) in [6.45, 7) is 2.10. The lowest BCUT2D eigenvalue weighted by Crippen LogP contribution is -2.49. The fourth-order valence-electron chi connectivity index (χ4n) is 3.35. The van der Waals surface area contributed by atoms with E-state index >= 15 is 0 Å². The normalized spacial score (nSPS) is 28.7. The molecular weight excluding hydrogens is 240 g/mol. The Balaban J connectivity index is 1.83. The molecule has 1 saturated heterocycles. The number of likely N-dealkylation sites (N-methyl/N-ethyl adjacent to an activating group) is 1. The first-order chi connectivity index (χ1) is 9.40. The van der Waals surface area contributed by atoms with Crippen LogP contribution in [-0.4, -0.2) is 44.0 Å². The van der Waals surface area contributed by atoms with Gasteiger partial charge in [0.1, 0.15) is 0 Å². The lowest BCUT2D eigenvalue weighted by Gasteiger charge is -2.37. The number of pyridine rings is 1. The fraction of sp³-hybridized carbons (Fsp3) is 0.667. The molecule has 19 heavy (non-hydrogen) atoms.